The van der Waals surface area contributed by atoms with Gasteiger partial charge in [0.1, 0.15) is 11.6 Å². The number of amides is 1. The average Bonchev–Trinajstić information content (AvgIpc) is 2.74. The summed E-state index contributed by atoms with van der Waals surface area (Å²) in [5, 5.41) is 14.2. The number of nitriles is 1. The van der Waals surface area contributed by atoms with Gasteiger partial charge in [-0.2, -0.15) is 18.4 Å². The van der Waals surface area contributed by atoms with Crippen LogP contribution in [0.25, 0.3) is 0 Å². The zero-order valence-electron chi connectivity index (χ0n) is 16.6. The molecule has 0 fully saturated rings. The van der Waals surface area contributed by atoms with Crippen LogP contribution >= 0.6 is 0 Å². The van der Waals surface area contributed by atoms with Gasteiger partial charge in [-0.15, -0.1) is 0 Å². The fourth-order valence-corrected chi connectivity index (χ4v) is 2.44. The van der Waals surface area contributed by atoms with Gasteiger partial charge in [0.25, 0.3) is 5.91 Å². The van der Waals surface area contributed by atoms with Crippen LogP contribution < -0.4 is 10.6 Å². The van der Waals surface area contributed by atoms with Crippen molar-refractivity contribution in [2.24, 2.45) is 0 Å². The topological polar surface area (TPSA) is 91.2 Å². The van der Waals surface area contributed by atoms with Crippen molar-refractivity contribution in [1.29, 1.82) is 5.26 Å². The second-order valence-electron chi connectivity index (χ2n) is 6.38. The molecule has 0 aliphatic heterocycles. The lowest BCUT2D eigenvalue weighted by Gasteiger charge is -2.11. The summed E-state index contributed by atoms with van der Waals surface area (Å²) in [4.78, 5) is 24.7. The van der Waals surface area contributed by atoms with Crippen LogP contribution in [0.1, 0.15) is 35.7 Å². The predicted octanol–water partition coefficient (Wildman–Crippen LogP) is 5.12. The van der Waals surface area contributed by atoms with E-state index in [-0.39, 0.29) is 23.5 Å². The summed E-state index contributed by atoms with van der Waals surface area (Å²) >= 11 is 0. The Morgan fingerprint density at radius 3 is 2.58 bits per heavy atom. The molecule has 6 nitrogen and oxygen atoms in total. The molecule has 0 atom stereocenters. The molecule has 1 amide bonds. The van der Waals surface area contributed by atoms with Crippen LogP contribution in [0.4, 0.5) is 24.5 Å². The molecule has 162 valence electrons. The Kier molecular flexibility index (Phi) is 8.20. The number of benzene rings is 2. The van der Waals surface area contributed by atoms with E-state index in [1.165, 1.54) is 24.3 Å². The van der Waals surface area contributed by atoms with Crippen molar-refractivity contribution in [3.63, 3.8) is 0 Å². The van der Waals surface area contributed by atoms with Gasteiger partial charge in [0, 0.05) is 11.9 Å². The van der Waals surface area contributed by atoms with Gasteiger partial charge >= 0.3 is 12.1 Å². The molecule has 0 aromatic heterocycles. The first-order valence-electron chi connectivity index (χ1n) is 9.37. The minimum absolute atomic E-state index is 0.0512. The molecular formula is C22H20F3N3O3. The summed E-state index contributed by atoms with van der Waals surface area (Å²) in [6.07, 6.45) is -1.98. The number of anilines is 2. The van der Waals surface area contributed by atoms with Gasteiger partial charge in [-0.25, -0.2) is 4.79 Å². The van der Waals surface area contributed by atoms with Crippen LogP contribution in [0, 0.1) is 11.3 Å². The third-order valence-corrected chi connectivity index (χ3v) is 4.06. The van der Waals surface area contributed by atoms with E-state index in [2.05, 4.69) is 10.6 Å². The fourth-order valence-electron chi connectivity index (χ4n) is 2.44. The summed E-state index contributed by atoms with van der Waals surface area (Å²) in [6, 6.07) is 12.1. The highest BCUT2D eigenvalue weighted by atomic mass is 19.4. The largest absolute Gasteiger partial charge is 0.462 e. The summed E-state index contributed by atoms with van der Waals surface area (Å²) < 4.78 is 43.6. The van der Waals surface area contributed by atoms with Gasteiger partial charge < -0.3 is 15.4 Å². The molecule has 2 aromatic carbocycles. The molecule has 0 aliphatic carbocycles. The van der Waals surface area contributed by atoms with Gasteiger partial charge in [0.15, 0.2) is 0 Å². The number of carbonyl (C=O) groups is 2. The number of halogens is 3. The third kappa shape index (κ3) is 6.89. The van der Waals surface area contributed by atoms with E-state index in [0.29, 0.717) is 6.42 Å². The summed E-state index contributed by atoms with van der Waals surface area (Å²) in [7, 11) is 0. The van der Waals surface area contributed by atoms with E-state index in [4.69, 9.17) is 4.74 Å². The van der Waals surface area contributed by atoms with Gasteiger partial charge in [-0.1, -0.05) is 31.5 Å². The molecule has 2 rings (SSSR count). The van der Waals surface area contributed by atoms with E-state index in [1.54, 1.807) is 18.2 Å². The molecule has 2 aromatic rings. The van der Waals surface area contributed by atoms with E-state index in [9.17, 15) is 28.0 Å². The molecule has 0 saturated heterocycles. The number of hydrogen-bond acceptors (Lipinski definition) is 5. The van der Waals surface area contributed by atoms with Crippen molar-refractivity contribution in [3.8, 4) is 6.07 Å². The number of unbranched alkanes of at least 4 members (excludes halogenated alkanes) is 1. The highest BCUT2D eigenvalue weighted by Crippen LogP contribution is 2.30. The average molecular weight is 431 g/mol. The van der Waals surface area contributed by atoms with Crippen molar-refractivity contribution in [3.05, 3.63) is 71.4 Å². The normalized spacial score (nSPS) is 11.4. The number of rotatable bonds is 8. The minimum atomic E-state index is -4.52. The molecule has 0 bridgehead atoms. The lowest BCUT2D eigenvalue weighted by atomic mass is 10.1. The summed E-state index contributed by atoms with van der Waals surface area (Å²) in [5.41, 5.74) is -0.949. The molecule has 0 spiro atoms. The van der Waals surface area contributed by atoms with Crippen LogP contribution in [-0.2, 0) is 15.7 Å². The molecule has 9 heteroatoms. The van der Waals surface area contributed by atoms with Crippen molar-refractivity contribution >= 4 is 23.3 Å². The molecule has 2 N–H and O–H groups in total. The number of alkyl halides is 3. The summed E-state index contributed by atoms with van der Waals surface area (Å²) in [6.45, 7) is 2.19. The molecule has 31 heavy (non-hydrogen) atoms. The Labute approximate surface area is 177 Å². The quantitative estimate of drug-likeness (QED) is 0.262. The summed E-state index contributed by atoms with van der Waals surface area (Å²) in [5.74, 6) is -1.45. The number of hydrogen-bond donors (Lipinski definition) is 2. The Balaban J connectivity index is 2.14. The highest BCUT2D eigenvalue weighted by molar-refractivity contribution is 6.09. The van der Waals surface area contributed by atoms with Crippen molar-refractivity contribution in [2.75, 3.05) is 17.2 Å². The number of nitrogens with one attached hydrogen (secondary N) is 2. The van der Waals surface area contributed by atoms with Crippen LogP contribution in [-0.4, -0.2) is 18.5 Å². The van der Waals surface area contributed by atoms with E-state index in [0.717, 1.165) is 24.8 Å². The fraction of sp³-hybridized carbons (Fsp3) is 0.227. The zero-order valence-corrected chi connectivity index (χ0v) is 16.6. The van der Waals surface area contributed by atoms with Crippen LogP contribution in [0.3, 0.4) is 0 Å². The van der Waals surface area contributed by atoms with Gasteiger partial charge in [-0.05, 0) is 36.8 Å². The smallest absolute Gasteiger partial charge is 0.416 e. The number of para-hydroxylation sites is 1. The number of ether oxygens (including phenoxy) is 1. The second kappa shape index (κ2) is 10.8. The zero-order chi connectivity index (χ0) is 22.9. The van der Waals surface area contributed by atoms with Crippen molar-refractivity contribution in [2.45, 2.75) is 25.9 Å². The Morgan fingerprint density at radius 1 is 1.16 bits per heavy atom. The Morgan fingerprint density at radius 2 is 1.90 bits per heavy atom. The first kappa shape index (κ1) is 23.5. The second-order valence-corrected chi connectivity index (χ2v) is 6.38. The Bertz CT molecular complexity index is 1010. The maximum Gasteiger partial charge on any atom is 0.416 e. The predicted molar refractivity (Wildman–Crippen MR) is 109 cm³/mol. The minimum Gasteiger partial charge on any atom is -0.462 e. The van der Waals surface area contributed by atoms with E-state index < -0.39 is 29.2 Å². The SMILES string of the molecule is CCCCOC(=O)c1ccccc1NC(=O)/C(C#N)=C\Nc1cccc(C(F)(F)F)c1. The van der Waals surface area contributed by atoms with Gasteiger partial charge in [0.05, 0.1) is 23.4 Å². The Hall–Kier alpha value is -3.80. The monoisotopic (exact) mass is 431 g/mol. The van der Waals surface area contributed by atoms with E-state index in [1.807, 2.05) is 6.92 Å². The third-order valence-electron chi connectivity index (χ3n) is 4.06. The molecule has 0 heterocycles. The maximum atomic E-state index is 12.8. The molecular weight excluding hydrogens is 411 g/mol. The molecule has 0 unspecified atom stereocenters. The van der Waals surface area contributed by atoms with Gasteiger partial charge in [0.2, 0.25) is 0 Å². The number of nitrogens with zero attached hydrogens (tertiary/aromatic N) is 1. The first-order chi connectivity index (χ1) is 14.8. The first-order valence-corrected chi connectivity index (χ1v) is 9.37. The van der Waals surface area contributed by atoms with Crippen LogP contribution in [0.15, 0.2) is 60.3 Å². The molecule has 0 aliphatic rings. The highest BCUT2D eigenvalue weighted by Gasteiger charge is 2.30. The van der Waals surface area contributed by atoms with E-state index >= 15 is 0 Å². The van der Waals surface area contributed by atoms with Crippen molar-refractivity contribution < 1.29 is 27.5 Å². The maximum absolute atomic E-state index is 12.8. The van der Waals surface area contributed by atoms with Crippen LogP contribution in [0.5, 0.6) is 0 Å². The van der Waals surface area contributed by atoms with Crippen molar-refractivity contribution in [1.82, 2.24) is 0 Å². The van der Waals surface area contributed by atoms with Gasteiger partial charge in [-0.3, -0.25) is 4.79 Å². The number of carbonyl (C=O) groups excluding carboxylic acids is 2. The van der Waals surface area contributed by atoms with Crippen LogP contribution in [0.2, 0.25) is 0 Å². The number of esters is 1. The lowest BCUT2D eigenvalue weighted by Crippen LogP contribution is -2.18. The molecule has 0 saturated carbocycles. The molecule has 0 radical (unpaired) electrons. The standard InChI is InChI=1S/C22H20F3N3O3/c1-2-3-11-31-21(30)18-9-4-5-10-19(18)28-20(29)15(13-26)14-27-17-8-6-7-16(12-17)22(23,24)25/h4-10,12,14,27H,2-3,11H2,1H3,(H,28,29)/b15-14-. The lowest BCUT2D eigenvalue weighted by molar-refractivity contribution is -0.137.